The molecule has 0 saturated carbocycles. The number of nitrogens with one attached hydrogen (secondary N) is 1. The zero-order chi connectivity index (χ0) is 13.1. The van der Waals surface area contributed by atoms with Gasteiger partial charge in [0.2, 0.25) is 0 Å². The number of aromatic nitrogens is 1. The second kappa shape index (κ2) is 5.26. The van der Waals surface area contributed by atoms with Gasteiger partial charge in [-0.25, -0.2) is 0 Å². The summed E-state index contributed by atoms with van der Waals surface area (Å²) in [5, 5.41) is 4.59. The molecule has 1 aromatic heterocycles. The van der Waals surface area contributed by atoms with Crippen molar-refractivity contribution < 1.29 is 0 Å². The molecule has 1 aliphatic heterocycles. The molecule has 1 aliphatic rings. The van der Waals surface area contributed by atoms with Crippen LogP contribution in [-0.4, -0.2) is 35.5 Å². The zero-order valence-electron chi connectivity index (χ0n) is 11.1. The summed E-state index contributed by atoms with van der Waals surface area (Å²) < 4.78 is 0. The van der Waals surface area contributed by atoms with Gasteiger partial charge in [0.25, 0.3) is 0 Å². The van der Waals surface area contributed by atoms with E-state index in [2.05, 4.69) is 51.4 Å². The maximum Gasteiger partial charge on any atom is 0.194 e. The summed E-state index contributed by atoms with van der Waals surface area (Å²) in [5.41, 5.74) is 2.28. The fourth-order valence-electron chi connectivity index (χ4n) is 2.36. The first-order chi connectivity index (χ1) is 9.36. The van der Waals surface area contributed by atoms with E-state index in [9.17, 15) is 0 Å². The lowest BCUT2D eigenvalue weighted by Gasteiger charge is -2.18. The van der Waals surface area contributed by atoms with Gasteiger partial charge in [-0.15, -0.1) is 0 Å². The molecule has 4 heteroatoms. The van der Waals surface area contributed by atoms with Crippen LogP contribution >= 0.6 is 0 Å². The molecule has 3 rings (SSSR count). The quantitative estimate of drug-likeness (QED) is 0.911. The number of guanidine groups is 1. The Morgan fingerprint density at radius 3 is 3.16 bits per heavy atom. The van der Waals surface area contributed by atoms with Gasteiger partial charge in [0.05, 0.1) is 12.1 Å². The van der Waals surface area contributed by atoms with Crippen LogP contribution in [0.4, 0.5) is 0 Å². The van der Waals surface area contributed by atoms with Crippen LogP contribution in [0.1, 0.15) is 12.5 Å². The summed E-state index contributed by atoms with van der Waals surface area (Å²) in [5.74, 6) is 1.02. The summed E-state index contributed by atoms with van der Waals surface area (Å²) in [6.07, 6.45) is 1.83. The molecule has 2 aromatic rings. The van der Waals surface area contributed by atoms with E-state index in [4.69, 9.17) is 0 Å². The molecule has 0 unspecified atom stereocenters. The number of benzene rings is 1. The molecular weight excluding hydrogens is 236 g/mol. The fourth-order valence-corrected chi connectivity index (χ4v) is 2.36. The number of aliphatic imine (C=N–C) groups is 1. The number of nitrogens with zero attached hydrogens (tertiary/aromatic N) is 3. The largest absolute Gasteiger partial charge is 0.352 e. The van der Waals surface area contributed by atoms with Gasteiger partial charge in [0.15, 0.2) is 5.96 Å². The van der Waals surface area contributed by atoms with Crippen molar-refractivity contribution in [3.05, 3.63) is 42.1 Å². The number of pyridine rings is 1. The number of likely N-dealkylation sites (N-methyl/N-ethyl adjacent to an activating group) is 1. The molecule has 0 aliphatic carbocycles. The second-order valence-electron chi connectivity index (χ2n) is 4.67. The first-order valence-corrected chi connectivity index (χ1v) is 6.74. The SMILES string of the molecule is CCN1CCN=C1NCc1ccc2cccnc2c1. The Balaban J connectivity index is 1.71. The van der Waals surface area contributed by atoms with Crippen LogP contribution in [-0.2, 0) is 6.54 Å². The van der Waals surface area contributed by atoms with E-state index in [1.54, 1.807) is 0 Å². The lowest BCUT2D eigenvalue weighted by molar-refractivity contribution is 0.466. The molecule has 0 radical (unpaired) electrons. The average Bonchev–Trinajstić information content (AvgIpc) is 2.92. The lowest BCUT2D eigenvalue weighted by Crippen LogP contribution is -2.37. The average molecular weight is 254 g/mol. The molecule has 0 amide bonds. The van der Waals surface area contributed by atoms with Gasteiger partial charge in [-0.1, -0.05) is 18.2 Å². The Hall–Kier alpha value is -2.10. The lowest BCUT2D eigenvalue weighted by atomic mass is 10.1. The van der Waals surface area contributed by atoms with Crippen molar-refractivity contribution >= 4 is 16.9 Å². The zero-order valence-corrected chi connectivity index (χ0v) is 11.1. The monoisotopic (exact) mass is 254 g/mol. The summed E-state index contributed by atoms with van der Waals surface area (Å²) in [7, 11) is 0. The van der Waals surface area contributed by atoms with Crippen molar-refractivity contribution in [2.24, 2.45) is 4.99 Å². The fraction of sp³-hybridized carbons (Fsp3) is 0.333. The Morgan fingerprint density at radius 1 is 1.32 bits per heavy atom. The standard InChI is InChI=1S/C15H18N4/c1-2-19-9-8-17-15(19)18-11-12-5-6-13-4-3-7-16-14(13)10-12/h3-7,10H,2,8-9,11H2,1H3,(H,17,18). The third kappa shape index (κ3) is 2.52. The number of fused-ring (bicyclic) bond motifs is 1. The second-order valence-corrected chi connectivity index (χ2v) is 4.67. The maximum atomic E-state index is 4.48. The minimum Gasteiger partial charge on any atom is -0.352 e. The molecule has 19 heavy (non-hydrogen) atoms. The van der Waals surface area contributed by atoms with E-state index < -0.39 is 0 Å². The number of hydrogen-bond donors (Lipinski definition) is 1. The highest BCUT2D eigenvalue weighted by Gasteiger charge is 2.13. The minimum atomic E-state index is 0.793. The number of rotatable bonds is 3. The molecule has 2 heterocycles. The van der Waals surface area contributed by atoms with E-state index >= 15 is 0 Å². The molecule has 0 atom stereocenters. The molecular formula is C15H18N4. The molecule has 0 bridgehead atoms. The predicted octanol–water partition coefficient (Wildman–Crippen LogP) is 2.02. The molecule has 1 N–H and O–H groups in total. The highest BCUT2D eigenvalue weighted by Crippen LogP contribution is 2.13. The van der Waals surface area contributed by atoms with Gasteiger partial charge in [0, 0.05) is 31.2 Å². The molecule has 1 aromatic carbocycles. The van der Waals surface area contributed by atoms with Crippen LogP contribution < -0.4 is 5.32 Å². The normalized spacial score (nSPS) is 14.8. The molecule has 0 fully saturated rings. The Kier molecular flexibility index (Phi) is 3.31. The van der Waals surface area contributed by atoms with Crippen molar-refractivity contribution in [2.75, 3.05) is 19.6 Å². The van der Waals surface area contributed by atoms with E-state index in [-0.39, 0.29) is 0 Å². The highest BCUT2D eigenvalue weighted by atomic mass is 15.3. The first kappa shape index (κ1) is 12.0. The van der Waals surface area contributed by atoms with Crippen LogP contribution in [0.5, 0.6) is 0 Å². The third-order valence-corrected chi connectivity index (χ3v) is 3.43. The van der Waals surface area contributed by atoms with E-state index in [0.717, 1.165) is 37.7 Å². The summed E-state index contributed by atoms with van der Waals surface area (Å²) >= 11 is 0. The van der Waals surface area contributed by atoms with Crippen LogP contribution in [0.3, 0.4) is 0 Å². The molecule has 4 nitrogen and oxygen atoms in total. The predicted molar refractivity (Wildman–Crippen MR) is 78.1 cm³/mol. The molecule has 98 valence electrons. The van der Waals surface area contributed by atoms with Crippen molar-refractivity contribution in [3.8, 4) is 0 Å². The Morgan fingerprint density at radius 2 is 2.26 bits per heavy atom. The molecule has 0 saturated heterocycles. The highest BCUT2D eigenvalue weighted by molar-refractivity contribution is 5.82. The van der Waals surface area contributed by atoms with Gasteiger partial charge in [-0.05, 0) is 24.6 Å². The Labute approximate surface area is 113 Å². The number of hydrogen-bond acceptors (Lipinski definition) is 4. The van der Waals surface area contributed by atoms with Gasteiger partial charge >= 0.3 is 0 Å². The third-order valence-electron chi connectivity index (χ3n) is 3.43. The Bertz CT molecular complexity index is 606. The minimum absolute atomic E-state index is 0.793. The van der Waals surface area contributed by atoms with Crippen LogP contribution in [0.2, 0.25) is 0 Å². The van der Waals surface area contributed by atoms with Crippen LogP contribution in [0.15, 0.2) is 41.5 Å². The van der Waals surface area contributed by atoms with Crippen molar-refractivity contribution in [1.29, 1.82) is 0 Å². The smallest absolute Gasteiger partial charge is 0.194 e. The first-order valence-electron chi connectivity index (χ1n) is 6.74. The maximum absolute atomic E-state index is 4.48. The van der Waals surface area contributed by atoms with Gasteiger partial charge in [0.1, 0.15) is 0 Å². The topological polar surface area (TPSA) is 40.5 Å². The summed E-state index contributed by atoms with van der Waals surface area (Å²) in [6.45, 7) is 5.88. The van der Waals surface area contributed by atoms with Gasteiger partial charge < -0.3 is 10.2 Å². The van der Waals surface area contributed by atoms with E-state index in [1.165, 1.54) is 10.9 Å². The van der Waals surface area contributed by atoms with Crippen molar-refractivity contribution in [2.45, 2.75) is 13.5 Å². The molecule has 0 spiro atoms. The van der Waals surface area contributed by atoms with Crippen molar-refractivity contribution in [3.63, 3.8) is 0 Å². The van der Waals surface area contributed by atoms with Gasteiger partial charge in [-0.3, -0.25) is 9.98 Å². The van der Waals surface area contributed by atoms with Crippen LogP contribution in [0.25, 0.3) is 10.9 Å². The van der Waals surface area contributed by atoms with Crippen molar-refractivity contribution in [1.82, 2.24) is 15.2 Å². The summed E-state index contributed by atoms with van der Waals surface area (Å²) in [4.78, 5) is 11.1. The van der Waals surface area contributed by atoms with E-state index in [0.29, 0.717) is 0 Å². The summed E-state index contributed by atoms with van der Waals surface area (Å²) in [6, 6.07) is 10.4. The van der Waals surface area contributed by atoms with E-state index in [1.807, 2.05) is 12.3 Å². The van der Waals surface area contributed by atoms with Gasteiger partial charge in [-0.2, -0.15) is 0 Å². The van der Waals surface area contributed by atoms with Crippen LogP contribution in [0, 0.1) is 0 Å².